The Hall–Kier alpha value is -1.000. The van der Waals surface area contributed by atoms with E-state index < -0.39 is 5.24 Å². The number of hydrogen-bond donors (Lipinski definition) is 0. The first-order valence-electron chi connectivity index (χ1n) is 4.39. The lowest BCUT2D eigenvalue weighted by Crippen LogP contribution is -1.91. The summed E-state index contributed by atoms with van der Waals surface area (Å²) in [6, 6.07) is 0. The molecule has 0 spiro atoms. The Kier molecular flexibility index (Phi) is 5.27. The van der Waals surface area contributed by atoms with Gasteiger partial charge in [-0.1, -0.05) is 17.4 Å². The number of allylic oxidation sites excluding steroid dienone is 4. The lowest BCUT2D eigenvalue weighted by Gasteiger charge is -1.94. The summed E-state index contributed by atoms with van der Waals surface area (Å²) in [5.74, 6) is 5.89. The van der Waals surface area contributed by atoms with E-state index in [0.29, 0.717) is 5.57 Å². The zero-order valence-corrected chi connectivity index (χ0v) is 10.0. The number of halogens is 1. The normalized spacial score (nSPS) is 11.0. The summed E-state index contributed by atoms with van der Waals surface area (Å²) in [7, 11) is 0. The maximum Gasteiger partial charge on any atom is 0.248 e. The van der Waals surface area contributed by atoms with Gasteiger partial charge in [0, 0.05) is 11.1 Å². The molecule has 0 aromatic rings. The second-order valence-corrected chi connectivity index (χ2v) is 3.74. The molecule has 2 heteroatoms. The molecular formula is C12H15ClO. The van der Waals surface area contributed by atoms with Crippen molar-refractivity contribution >= 4 is 16.8 Å². The van der Waals surface area contributed by atoms with Crippen molar-refractivity contribution in [3.8, 4) is 11.8 Å². The molecule has 1 nitrogen and oxygen atoms in total. The Labute approximate surface area is 90.8 Å². The van der Waals surface area contributed by atoms with Gasteiger partial charge >= 0.3 is 0 Å². The minimum atomic E-state index is -0.438. The smallest absolute Gasteiger partial charge is 0.248 e. The highest BCUT2D eigenvalue weighted by Gasteiger charge is 2.01. The highest BCUT2D eigenvalue weighted by Crippen LogP contribution is 2.06. The van der Waals surface area contributed by atoms with Gasteiger partial charge in [0.2, 0.25) is 5.24 Å². The first-order chi connectivity index (χ1) is 6.36. The van der Waals surface area contributed by atoms with Crippen molar-refractivity contribution in [2.24, 2.45) is 0 Å². The van der Waals surface area contributed by atoms with Crippen molar-refractivity contribution in [2.45, 2.75) is 34.6 Å². The van der Waals surface area contributed by atoms with Gasteiger partial charge in [0.15, 0.2) is 0 Å². The summed E-state index contributed by atoms with van der Waals surface area (Å²) in [4.78, 5) is 10.8. The van der Waals surface area contributed by atoms with Gasteiger partial charge < -0.3 is 0 Å². The molecule has 0 aromatic carbocycles. The first-order valence-corrected chi connectivity index (χ1v) is 4.77. The second-order valence-electron chi connectivity index (χ2n) is 3.40. The average Bonchev–Trinajstić information content (AvgIpc) is 2.11. The third-order valence-corrected chi connectivity index (χ3v) is 2.33. The summed E-state index contributed by atoms with van der Waals surface area (Å²) in [5.41, 5.74) is 3.45. The van der Waals surface area contributed by atoms with E-state index in [-0.39, 0.29) is 0 Å². The fraction of sp³-hybridized carbons (Fsp3) is 0.417. The molecule has 0 saturated carbocycles. The van der Waals surface area contributed by atoms with E-state index in [9.17, 15) is 4.79 Å². The zero-order valence-electron chi connectivity index (χ0n) is 9.29. The SMILES string of the molecule is CC(C)=C(C)C#C/C(C)=C(\C)C(=O)Cl. The Balaban J connectivity index is 4.96. The van der Waals surface area contributed by atoms with Crippen LogP contribution < -0.4 is 0 Å². The molecule has 0 aliphatic rings. The van der Waals surface area contributed by atoms with Crippen LogP contribution in [0.5, 0.6) is 0 Å². The van der Waals surface area contributed by atoms with Crippen LogP contribution in [0.3, 0.4) is 0 Å². The van der Waals surface area contributed by atoms with Crippen LogP contribution in [0.1, 0.15) is 34.6 Å². The second kappa shape index (κ2) is 5.67. The van der Waals surface area contributed by atoms with E-state index in [1.807, 2.05) is 20.8 Å². The first kappa shape index (κ1) is 13.0. The van der Waals surface area contributed by atoms with Crippen LogP contribution in [0.2, 0.25) is 0 Å². The molecule has 0 fully saturated rings. The van der Waals surface area contributed by atoms with E-state index >= 15 is 0 Å². The third kappa shape index (κ3) is 4.30. The molecule has 0 bridgehead atoms. The molecule has 0 radical (unpaired) electrons. The molecule has 0 atom stereocenters. The third-order valence-electron chi connectivity index (χ3n) is 2.04. The van der Waals surface area contributed by atoms with Gasteiger partial charge in [-0.05, 0) is 51.8 Å². The van der Waals surface area contributed by atoms with Crippen LogP contribution in [0, 0.1) is 11.8 Å². The van der Waals surface area contributed by atoms with Crippen LogP contribution in [0.15, 0.2) is 22.3 Å². The van der Waals surface area contributed by atoms with Gasteiger partial charge in [0.1, 0.15) is 0 Å². The monoisotopic (exact) mass is 210 g/mol. The van der Waals surface area contributed by atoms with Crippen molar-refractivity contribution in [3.63, 3.8) is 0 Å². The summed E-state index contributed by atoms with van der Waals surface area (Å²) in [5, 5.41) is -0.438. The lowest BCUT2D eigenvalue weighted by molar-refractivity contribution is -0.108. The van der Waals surface area contributed by atoms with Gasteiger partial charge in [-0.2, -0.15) is 0 Å². The number of rotatable bonds is 1. The Morgan fingerprint density at radius 1 is 0.929 bits per heavy atom. The largest absolute Gasteiger partial charge is 0.276 e. The zero-order chi connectivity index (χ0) is 11.3. The van der Waals surface area contributed by atoms with E-state index in [1.165, 1.54) is 5.57 Å². The van der Waals surface area contributed by atoms with Crippen LogP contribution in [0.4, 0.5) is 0 Å². The van der Waals surface area contributed by atoms with E-state index in [1.54, 1.807) is 13.8 Å². The Morgan fingerprint density at radius 3 is 1.71 bits per heavy atom. The standard InChI is InChI=1S/C12H15ClO/c1-8(2)9(3)6-7-10(4)11(5)12(13)14/h1-5H3/b11-10+. The topological polar surface area (TPSA) is 17.1 Å². The molecule has 0 aromatic heterocycles. The fourth-order valence-electron chi connectivity index (χ4n) is 0.554. The van der Waals surface area contributed by atoms with Gasteiger partial charge in [-0.3, -0.25) is 4.79 Å². The highest BCUT2D eigenvalue weighted by molar-refractivity contribution is 6.67. The van der Waals surface area contributed by atoms with Gasteiger partial charge in [0.25, 0.3) is 0 Å². The molecular weight excluding hydrogens is 196 g/mol. The average molecular weight is 211 g/mol. The minimum absolute atomic E-state index is 0.438. The maximum absolute atomic E-state index is 10.8. The molecule has 14 heavy (non-hydrogen) atoms. The molecule has 0 amide bonds. The fourth-order valence-corrected chi connectivity index (χ4v) is 0.695. The summed E-state index contributed by atoms with van der Waals surface area (Å²) < 4.78 is 0. The van der Waals surface area contributed by atoms with E-state index in [2.05, 4.69) is 11.8 Å². The van der Waals surface area contributed by atoms with Crippen molar-refractivity contribution in [1.29, 1.82) is 0 Å². The van der Waals surface area contributed by atoms with Gasteiger partial charge in [-0.15, -0.1) is 0 Å². The Morgan fingerprint density at radius 2 is 1.36 bits per heavy atom. The van der Waals surface area contributed by atoms with Crippen LogP contribution in [-0.2, 0) is 4.79 Å². The van der Waals surface area contributed by atoms with Crippen molar-refractivity contribution in [1.82, 2.24) is 0 Å². The summed E-state index contributed by atoms with van der Waals surface area (Å²) in [6.45, 7) is 9.43. The minimum Gasteiger partial charge on any atom is -0.276 e. The number of hydrogen-bond acceptors (Lipinski definition) is 1. The molecule has 0 saturated heterocycles. The predicted octanol–water partition coefficient (Wildman–Crippen LogP) is 3.45. The molecule has 0 unspecified atom stereocenters. The summed E-state index contributed by atoms with van der Waals surface area (Å²) >= 11 is 5.32. The lowest BCUT2D eigenvalue weighted by atomic mass is 10.1. The van der Waals surface area contributed by atoms with Crippen LogP contribution in [0.25, 0.3) is 0 Å². The highest BCUT2D eigenvalue weighted by atomic mass is 35.5. The Bertz CT molecular complexity index is 358. The van der Waals surface area contributed by atoms with Gasteiger partial charge in [-0.25, -0.2) is 0 Å². The summed E-state index contributed by atoms with van der Waals surface area (Å²) in [6.07, 6.45) is 0. The molecule has 0 aliphatic heterocycles. The quantitative estimate of drug-likeness (QED) is 0.368. The molecule has 0 rings (SSSR count). The molecule has 0 N–H and O–H groups in total. The van der Waals surface area contributed by atoms with Crippen molar-refractivity contribution in [3.05, 3.63) is 22.3 Å². The van der Waals surface area contributed by atoms with E-state index in [4.69, 9.17) is 11.6 Å². The van der Waals surface area contributed by atoms with Gasteiger partial charge in [0.05, 0.1) is 0 Å². The maximum atomic E-state index is 10.8. The number of carbonyl (C=O) groups is 1. The predicted molar refractivity (Wildman–Crippen MR) is 61.1 cm³/mol. The van der Waals surface area contributed by atoms with Crippen LogP contribution in [-0.4, -0.2) is 5.24 Å². The van der Waals surface area contributed by atoms with E-state index in [0.717, 1.165) is 11.1 Å². The molecule has 0 aliphatic carbocycles. The van der Waals surface area contributed by atoms with Crippen molar-refractivity contribution < 1.29 is 4.79 Å². The number of carbonyl (C=O) groups excluding carboxylic acids is 1. The van der Waals surface area contributed by atoms with Crippen molar-refractivity contribution in [2.75, 3.05) is 0 Å². The molecule has 76 valence electrons. The molecule has 0 heterocycles. The van der Waals surface area contributed by atoms with Crippen LogP contribution >= 0.6 is 11.6 Å².